The number of hydrogen-bond acceptors (Lipinski definition) is 3. The lowest BCUT2D eigenvalue weighted by Gasteiger charge is -2.11. The molecule has 0 aliphatic heterocycles. The predicted octanol–water partition coefficient (Wildman–Crippen LogP) is 0.963. The summed E-state index contributed by atoms with van der Waals surface area (Å²) < 4.78 is 1.14. The predicted molar refractivity (Wildman–Crippen MR) is 64.3 cm³/mol. The molecule has 16 heavy (non-hydrogen) atoms. The molecule has 82 valence electrons. The SMILES string of the molecule is C#CCn1ncc(Cl)c(NC(C)C#C)c1=O. The first-order chi connectivity index (χ1) is 7.60. The maximum absolute atomic E-state index is 11.8. The van der Waals surface area contributed by atoms with Crippen LogP contribution in [-0.4, -0.2) is 15.8 Å². The molecule has 0 amide bonds. The molecule has 1 unspecified atom stereocenters. The van der Waals surface area contributed by atoms with Gasteiger partial charge in [-0.25, -0.2) is 4.68 Å². The van der Waals surface area contributed by atoms with Crippen LogP contribution in [0.2, 0.25) is 5.02 Å². The highest BCUT2D eigenvalue weighted by atomic mass is 35.5. The van der Waals surface area contributed by atoms with Crippen molar-refractivity contribution >= 4 is 17.3 Å². The number of aromatic nitrogens is 2. The Morgan fingerprint density at radius 2 is 2.38 bits per heavy atom. The van der Waals surface area contributed by atoms with Gasteiger partial charge in [0.05, 0.1) is 17.3 Å². The molecule has 0 saturated carbocycles. The number of nitrogens with zero attached hydrogens (tertiary/aromatic N) is 2. The lowest BCUT2D eigenvalue weighted by atomic mass is 10.3. The van der Waals surface area contributed by atoms with Crippen molar-refractivity contribution in [2.75, 3.05) is 5.32 Å². The normalized spacial score (nSPS) is 11.2. The standard InChI is InChI=1S/C11H10ClN3O/c1-4-6-15-11(16)10(9(12)7-13-15)14-8(3)5-2/h1-2,7-8,14H,6H2,3H3. The van der Waals surface area contributed by atoms with Crippen molar-refractivity contribution in [3.63, 3.8) is 0 Å². The summed E-state index contributed by atoms with van der Waals surface area (Å²) in [5, 5.41) is 6.84. The third-order valence-corrected chi connectivity index (χ3v) is 2.14. The number of hydrogen-bond donors (Lipinski definition) is 1. The lowest BCUT2D eigenvalue weighted by Crippen LogP contribution is -2.28. The van der Waals surface area contributed by atoms with Crippen LogP contribution in [0.25, 0.3) is 0 Å². The molecule has 0 saturated heterocycles. The van der Waals surface area contributed by atoms with E-state index >= 15 is 0 Å². The molecule has 1 atom stereocenters. The van der Waals surface area contributed by atoms with Crippen molar-refractivity contribution in [3.8, 4) is 24.7 Å². The van der Waals surface area contributed by atoms with E-state index in [2.05, 4.69) is 22.3 Å². The molecule has 0 bridgehead atoms. The van der Waals surface area contributed by atoms with Gasteiger partial charge >= 0.3 is 0 Å². The van der Waals surface area contributed by atoms with E-state index in [0.29, 0.717) is 0 Å². The minimum absolute atomic E-state index is 0.0924. The Balaban J connectivity index is 3.18. The topological polar surface area (TPSA) is 46.9 Å². The fourth-order valence-corrected chi connectivity index (χ4v) is 1.24. The van der Waals surface area contributed by atoms with Gasteiger partial charge in [0.1, 0.15) is 12.2 Å². The van der Waals surface area contributed by atoms with Gasteiger partial charge in [0.2, 0.25) is 0 Å². The Bertz CT molecular complexity index is 522. The maximum Gasteiger partial charge on any atom is 0.292 e. The van der Waals surface area contributed by atoms with E-state index in [1.807, 2.05) is 0 Å². The van der Waals surface area contributed by atoms with Crippen LogP contribution in [-0.2, 0) is 6.54 Å². The molecule has 0 spiro atoms. The number of halogens is 1. The van der Waals surface area contributed by atoms with Crippen molar-refractivity contribution in [2.24, 2.45) is 0 Å². The summed E-state index contributed by atoms with van der Waals surface area (Å²) in [4.78, 5) is 11.8. The average Bonchev–Trinajstić information content (AvgIpc) is 2.28. The second-order valence-electron chi connectivity index (χ2n) is 3.07. The van der Waals surface area contributed by atoms with E-state index in [9.17, 15) is 4.79 Å². The summed E-state index contributed by atoms with van der Waals surface area (Å²) in [5.41, 5.74) is -0.162. The molecule has 5 heteroatoms. The van der Waals surface area contributed by atoms with Crippen LogP contribution in [0.5, 0.6) is 0 Å². The maximum atomic E-state index is 11.8. The Morgan fingerprint density at radius 3 is 2.94 bits per heavy atom. The molecule has 1 heterocycles. The molecule has 0 fully saturated rings. The van der Waals surface area contributed by atoms with Crippen LogP contribution < -0.4 is 10.9 Å². The first-order valence-electron chi connectivity index (χ1n) is 4.52. The van der Waals surface area contributed by atoms with Crippen molar-refractivity contribution in [1.29, 1.82) is 0 Å². The minimum Gasteiger partial charge on any atom is -0.366 e. The highest BCUT2D eigenvalue weighted by Gasteiger charge is 2.10. The number of anilines is 1. The van der Waals surface area contributed by atoms with Crippen LogP contribution in [0.1, 0.15) is 6.92 Å². The van der Waals surface area contributed by atoms with Gasteiger partial charge in [-0.2, -0.15) is 5.10 Å². The van der Waals surface area contributed by atoms with Crippen LogP contribution in [0.3, 0.4) is 0 Å². The van der Waals surface area contributed by atoms with E-state index in [4.69, 9.17) is 24.4 Å². The fourth-order valence-electron chi connectivity index (χ4n) is 1.06. The third kappa shape index (κ3) is 2.56. The Morgan fingerprint density at radius 1 is 1.69 bits per heavy atom. The molecule has 0 aliphatic rings. The van der Waals surface area contributed by atoms with Crippen LogP contribution in [0.15, 0.2) is 11.0 Å². The molecule has 4 nitrogen and oxygen atoms in total. The molecule has 0 aliphatic carbocycles. The van der Waals surface area contributed by atoms with Gasteiger partial charge in [-0.05, 0) is 6.92 Å². The smallest absolute Gasteiger partial charge is 0.292 e. The summed E-state index contributed by atoms with van der Waals surface area (Å²) in [6.45, 7) is 1.83. The van der Waals surface area contributed by atoms with Crippen molar-refractivity contribution < 1.29 is 0 Å². The quantitative estimate of drug-likeness (QED) is 0.794. The lowest BCUT2D eigenvalue weighted by molar-refractivity contribution is 0.663. The highest BCUT2D eigenvalue weighted by molar-refractivity contribution is 6.33. The average molecular weight is 236 g/mol. The summed E-state index contributed by atoms with van der Waals surface area (Å²) in [6, 6.07) is -0.299. The minimum atomic E-state index is -0.382. The Hall–Kier alpha value is -1.91. The second kappa shape index (κ2) is 5.25. The summed E-state index contributed by atoms with van der Waals surface area (Å²) >= 11 is 5.84. The van der Waals surface area contributed by atoms with Crippen molar-refractivity contribution in [1.82, 2.24) is 9.78 Å². The van der Waals surface area contributed by atoms with Crippen LogP contribution in [0, 0.1) is 24.7 Å². The summed E-state index contributed by atoms with van der Waals surface area (Å²) in [6.07, 6.45) is 11.7. The van der Waals surface area contributed by atoms with Crippen LogP contribution >= 0.6 is 11.6 Å². The van der Waals surface area contributed by atoms with E-state index in [1.54, 1.807) is 6.92 Å². The first kappa shape index (κ1) is 12.2. The fraction of sp³-hybridized carbons (Fsp3) is 0.273. The number of nitrogens with one attached hydrogen (secondary N) is 1. The zero-order valence-electron chi connectivity index (χ0n) is 8.70. The monoisotopic (exact) mass is 235 g/mol. The van der Waals surface area contributed by atoms with E-state index in [1.165, 1.54) is 6.20 Å². The van der Waals surface area contributed by atoms with Gasteiger partial charge in [-0.15, -0.1) is 12.8 Å². The van der Waals surface area contributed by atoms with Gasteiger partial charge in [-0.3, -0.25) is 4.79 Å². The molecule has 1 N–H and O–H groups in total. The molecular weight excluding hydrogens is 226 g/mol. The second-order valence-corrected chi connectivity index (χ2v) is 3.47. The molecule has 1 aromatic heterocycles. The molecular formula is C11H10ClN3O. The number of rotatable bonds is 3. The highest BCUT2D eigenvalue weighted by Crippen LogP contribution is 2.15. The Kier molecular flexibility index (Phi) is 3.99. The third-order valence-electron chi connectivity index (χ3n) is 1.85. The summed E-state index contributed by atoms with van der Waals surface area (Å²) in [5.74, 6) is 4.77. The molecule has 0 radical (unpaired) electrons. The van der Waals surface area contributed by atoms with E-state index in [-0.39, 0.29) is 28.9 Å². The van der Waals surface area contributed by atoms with Gasteiger partial charge < -0.3 is 5.32 Å². The summed E-state index contributed by atoms with van der Waals surface area (Å²) in [7, 11) is 0. The van der Waals surface area contributed by atoms with Gasteiger partial charge in [0, 0.05) is 0 Å². The largest absolute Gasteiger partial charge is 0.366 e. The van der Waals surface area contributed by atoms with Gasteiger partial charge in [0.25, 0.3) is 5.56 Å². The van der Waals surface area contributed by atoms with Crippen molar-refractivity contribution in [3.05, 3.63) is 21.6 Å². The van der Waals surface area contributed by atoms with Gasteiger partial charge in [-0.1, -0.05) is 23.4 Å². The van der Waals surface area contributed by atoms with Gasteiger partial charge in [0.15, 0.2) is 0 Å². The van der Waals surface area contributed by atoms with Crippen LogP contribution in [0.4, 0.5) is 5.69 Å². The molecule has 0 aromatic carbocycles. The van der Waals surface area contributed by atoms with Crippen molar-refractivity contribution in [2.45, 2.75) is 19.5 Å². The molecule has 1 aromatic rings. The zero-order chi connectivity index (χ0) is 12.1. The van der Waals surface area contributed by atoms with E-state index in [0.717, 1.165) is 4.68 Å². The first-order valence-corrected chi connectivity index (χ1v) is 4.89. The zero-order valence-corrected chi connectivity index (χ0v) is 9.45. The van der Waals surface area contributed by atoms with E-state index < -0.39 is 0 Å². The number of terminal acetylenes is 2. The Labute approximate surface area is 98.6 Å². The molecule has 1 rings (SSSR count).